The van der Waals surface area contributed by atoms with Gasteiger partial charge in [0.05, 0.1) is 12.4 Å². The number of carbonyl (C=O) groups is 1. The standard InChI is InChI=1S/C16H16FN3O3/c17-12-3-4-13-15(23-10-22-13)14(12)16(21)19-6-1-2-11(8-19)20-7-5-18-9-20/h3-5,7,9,11H,1-2,6,8,10H2. The molecule has 3 heterocycles. The third-order valence-corrected chi connectivity index (χ3v) is 4.33. The fraction of sp³-hybridized carbons (Fsp3) is 0.375. The number of likely N-dealkylation sites (tertiary alicyclic amines) is 1. The van der Waals surface area contributed by atoms with Gasteiger partial charge in [0.2, 0.25) is 6.79 Å². The predicted molar refractivity (Wildman–Crippen MR) is 78.9 cm³/mol. The first-order valence-corrected chi connectivity index (χ1v) is 7.59. The molecule has 4 rings (SSSR count). The van der Waals surface area contributed by atoms with Crippen molar-refractivity contribution in [1.82, 2.24) is 14.5 Å². The largest absolute Gasteiger partial charge is 0.454 e. The molecule has 1 fully saturated rings. The molecule has 1 amide bonds. The number of hydrogen-bond donors (Lipinski definition) is 0. The van der Waals surface area contributed by atoms with Gasteiger partial charge in [0.15, 0.2) is 11.5 Å². The summed E-state index contributed by atoms with van der Waals surface area (Å²) in [6, 6.07) is 2.89. The van der Waals surface area contributed by atoms with Crippen molar-refractivity contribution in [2.45, 2.75) is 18.9 Å². The summed E-state index contributed by atoms with van der Waals surface area (Å²) >= 11 is 0. The van der Waals surface area contributed by atoms with Crippen molar-refractivity contribution < 1.29 is 18.7 Å². The Labute approximate surface area is 132 Å². The number of amides is 1. The van der Waals surface area contributed by atoms with Crippen molar-refractivity contribution in [3.8, 4) is 11.5 Å². The van der Waals surface area contributed by atoms with Crippen molar-refractivity contribution in [2.75, 3.05) is 19.9 Å². The summed E-state index contributed by atoms with van der Waals surface area (Å²) < 4.78 is 26.7. The van der Waals surface area contributed by atoms with Gasteiger partial charge in [0.1, 0.15) is 11.4 Å². The number of rotatable bonds is 2. The minimum absolute atomic E-state index is 0.0106. The summed E-state index contributed by atoms with van der Waals surface area (Å²) in [4.78, 5) is 18.5. The SMILES string of the molecule is O=C(c1c(F)ccc2c1OCO2)N1CCCC(n2ccnc2)C1. The molecule has 0 aliphatic carbocycles. The first-order chi connectivity index (χ1) is 11.2. The number of nitrogens with zero attached hydrogens (tertiary/aromatic N) is 3. The Morgan fingerprint density at radius 1 is 1.35 bits per heavy atom. The minimum atomic E-state index is -0.580. The normalized spacial score (nSPS) is 19.9. The zero-order valence-electron chi connectivity index (χ0n) is 12.4. The monoisotopic (exact) mass is 317 g/mol. The lowest BCUT2D eigenvalue weighted by Crippen LogP contribution is -2.41. The molecule has 0 N–H and O–H groups in total. The molecule has 0 radical (unpaired) electrons. The fourth-order valence-corrected chi connectivity index (χ4v) is 3.17. The number of piperidine rings is 1. The van der Waals surface area contributed by atoms with E-state index in [1.165, 1.54) is 12.1 Å². The molecule has 120 valence electrons. The van der Waals surface area contributed by atoms with E-state index in [2.05, 4.69) is 4.98 Å². The summed E-state index contributed by atoms with van der Waals surface area (Å²) in [6.07, 6.45) is 7.18. The third kappa shape index (κ3) is 2.42. The molecule has 1 aromatic heterocycles. The first-order valence-electron chi connectivity index (χ1n) is 7.59. The maximum Gasteiger partial charge on any atom is 0.260 e. The zero-order valence-corrected chi connectivity index (χ0v) is 12.4. The van der Waals surface area contributed by atoms with Crippen LogP contribution < -0.4 is 9.47 Å². The van der Waals surface area contributed by atoms with Gasteiger partial charge < -0.3 is 18.9 Å². The number of ether oxygens (including phenoxy) is 2. The topological polar surface area (TPSA) is 56.6 Å². The number of aromatic nitrogens is 2. The van der Waals surface area contributed by atoms with E-state index in [-0.39, 0.29) is 30.1 Å². The van der Waals surface area contributed by atoms with Crippen LogP contribution >= 0.6 is 0 Å². The van der Waals surface area contributed by atoms with Crippen LogP contribution in [0.2, 0.25) is 0 Å². The Bertz CT molecular complexity index is 732. The van der Waals surface area contributed by atoms with Crippen LogP contribution in [0.1, 0.15) is 29.2 Å². The van der Waals surface area contributed by atoms with E-state index in [9.17, 15) is 9.18 Å². The molecule has 2 aliphatic heterocycles. The van der Waals surface area contributed by atoms with E-state index in [1.807, 2.05) is 10.8 Å². The maximum atomic E-state index is 14.2. The summed E-state index contributed by atoms with van der Waals surface area (Å²) in [5.41, 5.74) is -0.0359. The highest BCUT2D eigenvalue weighted by Crippen LogP contribution is 2.38. The Kier molecular flexibility index (Phi) is 3.40. The van der Waals surface area contributed by atoms with E-state index in [1.54, 1.807) is 17.4 Å². The molecule has 6 nitrogen and oxygen atoms in total. The van der Waals surface area contributed by atoms with Gasteiger partial charge in [-0.15, -0.1) is 0 Å². The van der Waals surface area contributed by atoms with E-state index in [0.29, 0.717) is 18.8 Å². The maximum absolute atomic E-state index is 14.2. The van der Waals surface area contributed by atoms with Crippen LogP contribution in [0.15, 0.2) is 30.9 Å². The molecule has 0 saturated carbocycles. The van der Waals surface area contributed by atoms with E-state index in [0.717, 1.165) is 12.8 Å². The Hall–Kier alpha value is -2.57. The average Bonchev–Trinajstić information content (AvgIpc) is 3.26. The lowest BCUT2D eigenvalue weighted by Gasteiger charge is -2.33. The van der Waals surface area contributed by atoms with Crippen LogP contribution in [0.4, 0.5) is 4.39 Å². The second-order valence-corrected chi connectivity index (χ2v) is 5.71. The number of carbonyl (C=O) groups excluding carboxylic acids is 1. The highest BCUT2D eigenvalue weighted by molar-refractivity contribution is 5.98. The van der Waals surface area contributed by atoms with Gasteiger partial charge in [0, 0.05) is 25.5 Å². The van der Waals surface area contributed by atoms with Crippen LogP contribution in [0, 0.1) is 5.82 Å². The second kappa shape index (κ2) is 5.57. The fourth-order valence-electron chi connectivity index (χ4n) is 3.17. The van der Waals surface area contributed by atoms with Crippen molar-refractivity contribution in [1.29, 1.82) is 0 Å². The molecular weight excluding hydrogens is 301 g/mol. The van der Waals surface area contributed by atoms with E-state index >= 15 is 0 Å². The summed E-state index contributed by atoms with van der Waals surface area (Å²) in [7, 11) is 0. The Morgan fingerprint density at radius 3 is 3.09 bits per heavy atom. The Morgan fingerprint density at radius 2 is 2.26 bits per heavy atom. The van der Waals surface area contributed by atoms with Crippen LogP contribution in [-0.4, -0.2) is 40.2 Å². The number of benzene rings is 1. The smallest absolute Gasteiger partial charge is 0.260 e. The Balaban J connectivity index is 1.61. The number of fused-ring (bicyclic) bond motifs is 1. The van der Waals surface area contributed by atoms with Crippen LogP contribution in [-0.2, 0) is 0 Å². The molecule has 0 spiro atoms. The van der Waals surface area contributed by atoms with E-state index < -0.39 is 5.82 Å². The lowest BCUT2D eigenvalue weighted by molar-refractivity contribution is 0.0670. The van der Waals surface area contributed by atoms with Crippen molar-refractivity contribution in [3.05, 3.63) is 42.2 Å². The molecule has 2 aliphatic rings. The molecular formula is C16H16FN3O3. The van der Waals surface area contributed by atoms with Gasteiger partial charge in [-0.3, -0.25) is 4.79 Å². The number of halogens is 1. The predicted octanol–water partition coefficient (Wildman–Crippen LogP) is 2.23. The van der Waals surface area contributed by atoms with Gasteiger partial charge in [-0.2, -0.15) is 0 Å². The van der Waals surface area contributed by atoms with Crippen molar-refractivity contribution >= 4 is 5.91 Å². The second-order valence-electron chi connectivity index (χ2n) is 5.71. The molecule has 0 bridgehead atoms. The highest BCUT2D eigenvalue weighted by atomic mass is 19.1. The first kappa shape index (κ1) is 14.0. The van der Waals surface area contributed by atoms with Gasteiger partial charge in [-0.25, -0.2) is 9.37 Å². The summed E-state index contributed by atoms with van der Waals surface area (Å²) in [5, 5.41) is 0. The van der Waals surface area contributed by atoms with Gasteiger partial charge in [-0.1, -0.05) is 0 Å². The van der Waals surface area contributed by atoms with Crippen molar-refractivity contribution in [3.63, 3.8) is 0 Å². The van der Waals surface area contributed by atoms with Crippen LogP contribution in [0.5, 0.6) is 11.5 Å². The quantitative estimate of drug-likeness (QED) is 0.852. The lowest BCUT2D eigenvalue weighted by atomic mass is 10.0. The highest BCUT2D eigenvalue weighted by Gasteiger charge is 2.32. The van der Waals surface area contributed by atoms with Crippen LogP contribution in [0.25, 0.3) is 0 Å². The third-order valence-electron chi connectivity index (χ3n) is 4.33. The van der Waals surface area contributed by atoms with Gasteiger partial charge in [-0.05, 0) is 25.0 Å². The molecule has 2 aromatic rings. The summed E-state index contributed by atoms with van der Waals surface area (Å²) in [6.45, 7) is 1.14. The minimum Gasteiger partial charge on any atom is -0.454 e. The van der Waals surface area contributed by atoms with E-state index in [4.69, 9.17) is 9.47 Å². The number of imidazole rings is 1. The molecule has 7 heteroatoms. The zero-order chi connectivity index (χ0) is 15.8. The molecule has 1 saturated heterocycles. The average molecular weight is 317 g/mol. The number of hydrogen-bond acceptors (Lipinski definition) is 4. The van der Waals surface area contributed by atoms with Crippen LogP contribution in [0.3, 0.4) is 0 Å². The molecule has 1 aromatic carbocycles. The molecule has 1 atom stereocenters. The van der Waals surface area contributed by atoms with Gasteiger partial charge >= 0.3 is 0 Å². The van der Waals surface area contributed by atoms with Crippen molar-refractivity contribution in [2.24, 2.45) is 0 Å². The van der Waals surface area contributed by atoms with Gasteiger partial charge in [0.25, 0.3) is 5.91 Å². The molecule has 1 unspecified atom stereocenters. The molecule has 23 heavy (non-hydrogen) atoms. The summed E-state index contributed by atoms with van der Waals surface area (Å²) in [5.74, 6) is -0.309.